The lowest BCUT2D eigenvalue weighted by Crippen LogP contribution is -2.38. The summed E-state index contributed by atoms with van der Waals surface area (Å²) in [5, 5.41) is 3.27. The van der Waals surface area contributed by atoms with Crippen molar-refractivity contribution >= 4 is 11.9 Å². The number of rotatable bonds is 16. The fourth-order valence-corrected chi connectivity index (χ4v) is 4.13. The third-order valence-corrected chi connectivity index (χ3v) is 5.67. The molecular weight excluding hydrogens is 470 g/mol. The molecule has 0 aliphatic heterocycles. The maximum Gasteiger partial charge on any atom is 0.331 e. The number of hydrogen-bond acceptors (Lipinski definition) is 7. The first-order valence-electron chi connectivity index (χ1n) is 13.5. The Morgan fingerprint density at radius 1 is 1.03 bits per heavy atom. The highest BCUT2D eigenvalue weighted by Crippen LogP contribution is 2.30. The van der Waals surface area contributed by atoms with Crippen LogP contribution in [0.2, 0.25) is 0 Å². The molecule has 0 heterocycles. The highest BCUT2D eigenvalue weighted by Gasteiger charge is 2.28. The molecule has 1 unspecified atom stereocenters. The fourth-order valence-electron chi connectivity index (χ4n) is 4.13. The predicted molar refractivity (Wildman–Crippen MR) is 146 cm³/mol. The lowest BCUT2D eigenvalue weighted by molar-refractivity contribution is -0.153. The molecule has 1 aromatic rings. The lowest BCUT2D eigenvalue weighted by atomic mass is 9.84. The number of ether oxygens (including phenoxy) is 4. The Hall–Kier alpha value is -2.38. The van der Waals surface area contributed by atoms with Gasteiger partial charge in [-0.05, 0) is 68.6 Å². The zero-order chi connectivity index (χ0) is 27.5. The summed E-state index contributed by atoms with van der Waals surface area (Å²) in [4.78, 5) is 24.7. The summed E-state index contributed by atoms with van der Waals surface area (Å²) in [6.07, 6.45) is 5.86. The zero-order valence-electron chi connectivity index (χ0n) is 23.8. The monoisotopic (exact) mass is 517 g/mol. The molecule has 0 amide bonds. The average molecular weight is 518 g/mol. The maximum atomic E-state index is 12.4. The first-order valence-corrected chi connectivity index (χ1v) is 13.5. The minimum atomic E-state index is -0.639. The molecule has 1 aromatic carbocycles. The topological polar surface area (TPSA) is 83.1 Å². The Morgan fingerprint density at radius 2 is 1.68 bits per heavy atom. The molecule has 1 aliphatic rings. The van der Waals surface area contributed by atoms with Crippen molar-refractivity contribution in [2.24, 2.45) is 11.3 Å². The van der Waals surface area contributed by atoms with Crippen LogP contribution in [0.5, 0.6) is 5.75 Å². The number of hydrogen-bond donors (Lipinski definition) is 1. The Bertz CT molecular complexity index is 865. The Balaban J connectivity index is 1.82. The molecule has 0 spiro atoms. The van der Waals surface area contributed by atoms with E-state index in [2.05, 4.69) is 26.1 Å². The van der Waals surface area contributed by atoms with Gasteiger partial charge in [0.15, 0.2) is 0 Å². The number of esters is 2. The highest BCUT2D eigenvalue weighted by molar-refractivity contribution is 5.91. The Labute approximate surface area is 223 Å². The Morgan fingerprint density at radius 3 is 2.27 bits per heavy atom. The standard InChI is InChI=1S/C30H47NO6/c1-22(2)31-18-26(36-27(32)14-15-28(33)37-30(6,7)21-29(3,4)5)20-35-25-12-10-23(11-13-25)16-17-34-19-24-8-9-24/h10-15,22,24,26,31H,8-9,16-21H2,1-7H3/b15-14-. The summed E-state index contributed by atoms with van der Waals surface area (Å²) in [6, 6.07) is 8.11. The van der Waals surface area contributed by atoms with Crippen molar-refractivity contribution in [3.8, 4) is 5.75 Å². The van der Waals surface area contributed by atoms with E-state index in [1.165, 1.54) is 18.4 Å². The quantitative estimate of drug-likeness (QED) is 0.182. The van der Waals surface area contributed by atoms with Crippen LogP contribution >= 0.6 is 0 Å². The molecule has 0 saturated heterocycles. The third-order valence-electron chi connectivity index (χ3n) is 5.67. The van der Waals surface area contributed by atoms with Crippen molar-refractivity contribution in [2.45, 2.75) is 91.9 Å². The van der Waals surface area contributed by atoms with E-state index in [1.807, 2.05) is 52.0 Å². The van der Waals surface area contributed by atoms with E-state index < -0.39 is 23.6 Å². The lowest BCUT2D eigenvalue weighted by Gasteiger charge is -2.31. The third kappa shape index (κ3) is 14.8. The van der Waals surface area contributed by atoms with Crippen LogP contribution in [0.15, 0.2) is 36.4 Å². The molecule has 7 heteroatoms. The van der Waals surface area contributed by atoms with Gasteiger partial charge in [-0.2, -0.15) is 0 Å². The van der Waals surface area contributed by atoms with Crippen molar-refractivity contribution in [1.82, 2.24) is 5.32 Å². The van der Waals surface area contributed by atoms with Crippen LogP contribution in [0.3, 0.4) is 0 Å². The molecule has 1 fully saturated rings. The molecule has 1 aliphatic carbocycles. The molecule has 1 saturated carbocycles. The zero-order valence-corrected chi connectivity index (χ0v) is 23.8. The van der Waals surface area contributed by atoms with Crippen LogP contribution in [0, 0.1) is 11.3 Å². The molecule has 7 nitrogen and oxygen atoms in total. The van der Waals surface area contributed by atoms with E-state index >= 15 is 0 Å². The molecular formula is C30H47NO6. The second kappa shape index (κ2) is 14.5. The van der Waals surface area contributed by atoms with Gasteiger partial charge < -0.3 is 24.3 Å². The molecule has 208 valence electrons. The van der Waals surface area contributed by atoms with Crippen LogP contribution in [-0.2, 0) is 30.2 Å². The van der Waals surface area contributed by atoms with Crippen LogP contribution in [0.25, 0.3) is 0 Å². The molecule has 1 N–H and O–H groups in total. The fraction of sp³-hybridized carbons (Fsp3) is 0.667. The van der Waals surface area contributed by atoms with Gasteiger partial charge in [-0.1, -0.05) is 46.8 Å². The van der Waals surface area contributed by atoms with Gasteiger partial charge in [0.25, 0.3) is 0 Å². The smallest absolute Gasteiger partial charge is 0.331 e. The second-order valence-electron chi connectivity index (χ2n) is 12.1. The van der Waals surface area contributed by atoms with Crippen molar-refractivity contribution in [3.05, 3.63) is 42.0 Å². The number of carbonyl (C=O) groups excluding carboxylic acids is 2. The first-order chi connectivity index (χ1) is 17.3. The van der Waals surface area contributed by atoms with E-state index in [-0.39, 0.29) is 18.1 Å². The van der Waals surface area contributed by atoms with Gasteiger partial charge in [0.05, 0.1) is 6.61 Å². The summed E-state index contributed by atoms with van der Waals surface area (Å²) < 4.78 is 22.7. The van der Waals surface area contributed by atoms with E-state index in [0.717, 1.165) is 37.7 Å². The van der Waals surface area contributed by atoms with Gasteiger partial charge in [0.2, 0.25) is 0 Å². The van der Waals surface area contributed by atoms with Gasteiger partial charge in [-0.3, -0.25) is 0 Å². The summed E-state index contributed by atoms with van der Waals surface area (Å²) in [5.41, 5.74) is 0.559. The first kappa shape index (κ1) is 30.8. The largest absolute Gasteiger partial charge is 0.490 e. The number of benzene rings is 1. The predicted octanol–water partition coefficient (Wildman–Crippen LogP) is 5.26. The molecule has 0 radical (unpaired) electrons. The van der Waals surface area contributed by atoms with Crippen LogP contribution < -0.4 is 10.1 Å². The minimum absolute atomic E-state index is 0.00727. The molecule has 0 aromatic heterocycles. The van der Waals surface area contributed by atoms with Crippen LogP contribution in [0.4, 0.5) is 0 Å². The molecule has 0 bridgehead atoms. The van der Waals surface area contributed by atoms with Gasteiger partial charge in [0.1, 0.15) is 24.1 Å². The summed E-state index contributed by atoms with van der Waals surface area (Å²) in [6.45, 7) is 16.2. The normalized spacial score (nSPS) is 15.1. The molecule has 37 heavy (non-hydrogen) atoms. The van der Waals surface area contributed by atoms with E-state index in [4.69, 9.17) is 18.9 Å². The van der Waals surface area contributed by atoms with Crippen molar-refractivity contribution in [1.29, 1.82) is 0 Å². The van der Waals surface area contributed by atoms with Gasteiger partial charge >= 0.3 is 11.9 Å². The molecule has 1 atom stereocenters. The van der Waals surface area contributed by atoms with Crippen LogP contribution in [0.1, 0.15) is 73.3 Å². The summed E-state index contributed by atoms with van der Waals surface area (Å²) >= 11 is 0. The maximum absolute atomic E-state index is 12.4. The minimum Gasteiger partial charge on any atom is -0.490 e. The van der Waals surface area contributed by atoms with Crippen LogP contribution in [-0.4, -0.2) is 56.1 Å². The second-order valence-corrected chi connectivity index (χ2v) is 12.1. The number of carbonyl (C=O) groups is 2. The van der Waals surface area contributed by atoms with Gasteiger partial charge in [-0.15, -0.1) is 0 Å². The van der Waals surface area contributed by atoms with Crippen molar-refractivity contribution in [2.75, 3.05) is 26.4 Å². The van der Waals surface area contributed by atoms with Crippen molar-refractivity contribution in [3.63, 3.8) is 0 Å². The number of nitrogens with one attached hydrogen (secondary N) is 1. The van der Waals surface area contributed by atoms with Gasteiger partial charge in [0, 0.05) is 31.3 Å². The molecule has 2 rings (SSSR count). The highest BCUT2D eigenvalue weighted by atomic mass is 16.6. The van der Waals surface area contributed by atoms with E-state index in [9.17, 15) is 9.59 Å². The van der Waals surface area contributed by atoms with E-state index in [0.29, 0.717) is 18.7 Å². The van der Waals surface area contributed by atoms with E-state index in [1.54, 1.807) is 0 Å². The summed E-state index contributed by atoms with van der Waals surface area (Å²) in [5.74, 6) is 0.287. The summed E-state index contributed by atoms with van der Waals surface area (Å²) in [7, 11) is 0. The van der Waals surface area contributed by atoms with Gasteiger partial charge in [-0.25, -0.2) is 9.59 Å². The van der Waals surface area contributed by atoms with Crippen molar-refractivity contribution < 1.29 is 28.5 Å². The Kier molecular flexibility index (Phi) is 12.1. The SMILES string of the molecule is CC(C)NCC(COc1ccc(CCOCC2CC2)cc1)OC(=O)/C=C\C(=O)OC(C)(C)CC(C)(C)C. The average Bonchev–Trinajstić information content (AvgIpc) is 3.60.